The highest BCUT2D eigenvalue weighted by Gasteiger charge is 2.18. The van der Waals surface area contributed by atoms with Crippen LogP contribution in [-0.4, -0.2) is 50.0 Å². The molecule has 1 fully saturated rings. The molecule has 0 spiro atoms. The smallest absolute Gasteiger partial charge is 0.248 e. The van der Waals surface area contributed by atoms with Gasteiger partial charge in [-0.1, -0.05) is 0 Å². The molecule has 0 saturated carbocycles. The summed E-state index contributed by atoms with van der Waals surface area (Å²) < 4.78 is 11.2. The third kappa shape index (κ3) is 7.82. The van der Waals surface area contributed by atoms with E-state index in [1.807, 2.05) is 0 Å². The van der Waals surface area contributed by atoms with E-state index in [0.717, 1.165) is 26.0 Å². The van der Waals surface area contributed by atoms with Crippen LogP contribution in [0, 0.1) is 0 Å². The first-order chi connectivity index (χ1) is 9.38. The highest BCUT2D eigenvalue weighted by atomic mass is 16.5. The van der Waals surface area contributed by atoms with Crippen molar-refractivity contribution in [3.8, 4) is 0 Å². The number of hydrogen-bond acceptors (Lipinski definition) is 4. The Bertz CT molecular complexity index is 283. The Kier molecular flexibility index (Phi) is 7.48. The lowest BCUT2D eigenvalue weighted by atomic mass is 10.1. The highest BCUT2D eigenvalue weighted by molar-refractivity contribution is 5.80. The van der Waals surface area contributed by atoms with E-state index in [9.17, 15) is 4.79 Å². The monoisotopic (exact) mass is 286 g/mol. The van der Waals surface area contributed by atoms with Gasteiger partial charge in [-0.05, 0) is 47.0 Å². The molecule has 5 nitrogen and oxygen atoms in total. The standard InChI is InChI=1S/C15H30N2O3/c1-12(20-11-13-7-5-6-10-19-13)14(18)16-8-9-17-15(2,3)4/h12-13,17H,5-11H2,1-4H3,(H,16,18). The molecule has 2 N–H and O–H groups in total. The van der Waals surface area contributed by atoms with Gasteiger partial charge in [0.15, 0.2) is 0 Å². The third-order valence-electron chi connectivity index (χ3n) is 3.25. The zero-order valence-electron chi connectivity index (χ0n) is 13.3. The minimum Gasteiger partial charge on any atom is -0.376 e. The number of hydrogen-bond donors (Lipinski definition) is 2. The molecule has 1 aliphatic rings. The molecule has 0 aromatic heterocycles. The lowest BCUT2D eigenvalue weighted by Gasteiger charge is -2.24. The molecule has 1 heterocycles. The highest BCUT2D eigenvalue weighted by Crippen LogP contribution is 2.13. The van der Waals surface area contributed by atoms with Crippen molar-refractivity contribution in [2.24, 2.45) is 0 Å². The molecule has 0 bridgehead atoms. The van der Waals surface area contributed by atoms with E-state index < -0.39 is 6.10 Å². The SMILES string of the molecule is CC(OCC1CCCCO1)C(=O)NCCNC(C)(C)C. The van der Waals surface area contributed by atoms with Crippen LogP contribution in [0.3, 0.4) is 0 Å². The third-order valence-corrected chi connectivity index (χ3v) is 3.25. The van der Waals surface area contributed by atoms with Crippen LogP contribution < -0.4 is 10.6 Å². The second-order valence-corrected chi connectivity index (χ2v) is 6.43. The first-order valence-corrected chi connectivity index (χ1v) is 7.64. The largest absolute Gasteiger partial charge is 0.376 e. The first-order valence-electron chi connectivity index (χ1n) is 7.64. The minimum atomic E-state index is -0.421. The van der Waals surface area contributed by atoms with Crippen LogP contribution in [0.15, 0.2) is 0 Å². The van der Waals surface area contributed by atoms with Crippen molar-refractivity contribution in [1.29, 1.82) is 0 Å². The van der Waals surface area contributed by atoms with Crippen molar-refractivity contribution in [3.05, 3.63) is 0 Å². The average molecular weight is 286 g/mol. The summed E-state index contributed by atoms with van der Waals surface area (Å²) in [5.74, 6) is -0.0588. The van der Waals surface area contributed by atoms with Gasteiger partial charge >= 0.3 is 0 Å². The van der Waals surface area contributed by atoms with Gasteiger partial charge in [-0.15, -0.1) is 0 Å². The zero-order chi connectivity index (χ0) is 15.0. The first kappa shape index (κ1) is 17.4. The van der Waals surface area contributed by atoms with Gasteiger partial charge in [-0.25, -0.2) is 0 Å². The van der Waals surface area contributed by atoms with Gasteiger partial charge in [0.05, 0.1) is 12.7 Å². The topological polar surface area (TPSA) is 59.6 Å². The van der Waals surface area contributed by atoms with Crippen LogP contribution in [0.2, 0.25) is 0 Å². The maximum absolute atomic E-state index is 11.8. The Hall–Kier alpha value is -0.650. The average Bonchev–Trinajstić information content (AvgIpc) is 2.40. The van der Waals surface area contributed by atoms with Crippen LogP contribution >= 0.6 is 0 Å². The molecule has 1 saturated heterocycles. The number of carbonyl (C=O) groups excluding carboxylic acids is 1. The molecule has 2 unspecified atom stereocenters. The Morgan fingerprint density at radius 3 is 2.70 bits per heavy atom. The molecule has 1 aliphatic heterocycles. The fourth-order valence-corrected chi connectivity index (χ4v) is 2.03. The minimum absolute atomic E-state index is 0.0588. The number of nitrogens with one attached hydrogen (secondary N) is 2. The van der Waals surface area contributed by atoms with Gasteiger partial charge in [-0.3, -0.25) is 4.79 Å². The van der Waals surface area contributed by atoms with E-state index in [1.165, 1.54) is 6.42 Å². The number of amides is 1. The van der Waals surface area contributed by atoms with Gasteiger partial charge < -0.3 is 20.1 Å². The summed E-state index contributed by atoms with van der Waals surface area (Å²) in [6.07, 6.45) is 3.08. The van der Waals surface area contributed by atoms with Crippen molar-refractivity contribution in [3.63, 3.8) is 0 Å². The fraction of sp³-hybridized carbons (Fsp3) is 0.933. The zero-order valence-corrected chi connectivity index (χ0v) is 13.3. The van der Waals surface area contributed by atoms with E-state index in [4.69, 9.17) is 9.47 Å². The normalized spacial score (nSPS) is 21.5. The Morgan fingerprint density at radius 2 is 2.10 bits per heavy atom. The predicted molar refractivity (Wildman–Crippen MR) is 79.8 cm³/mol. The fourth-order valence-electron chi connectivity index (χ4n) is 2.03. The molecule has 5 heteroatoms. The molecule has 0 aromatic rings. The molecule has 2 atom stereocenters. The summed E-state index contributed by atoms with van der Waals surface area (Å²) in [5.41, 5.74) is 0.0746. The van der Waals surface area contributed by atoms with E-state index in [2.05, 4.69) is 31.4 Å². The summed E-state index contributed by atoms with van der Waals surface area (Å²) >= 11 is 0. The van der Waals surface area contributed by atoms with Crippen LogP contribution in [0.25, 0.3) is 0 Å². The second-order valence-electron chi connectivity index (χ2n) is 6.43. The number of carbonyl (C=O) groups is 1. The number of ether oxygens (including phenoxy) is 2. The van der Waals surface area contributed by atoms with Crippen molar-refractivity contribution in [2.45, 2.75) is 64.7 Å². The molecule has 1 rings (SSSR count). The lowest BCUT2D eigenvalue weighted by Crippen LogP contribution is -2.43. The molecule has 20 heavy (non-hydrogen) atoms. The molecule has 0 aliphatic carbocycles. The summed E-state index contributed by atoms with van der Waals surface area (Å²) in [6.45, 7) is 10.8. The maximum Gasteiger partial charge on any atom is 0.248 e. The van der Waals surface area contributed by atoms with Gasteiger partial charge in [-0.2, -0.15) is 0 Å². The lowest BCUT2D eigenvalue weighted by molar-refractivity contribution is -0.135. The molecule has 118 valence electrons. The Labute approximate surface area is 122 Å². The quantitative estimate of drug-likeness (QED) is 0.696. The van der Waals surface area contributed by atoms with Crippen LogP contribution in [0.5, 0.6) is 0 Å². The van der Waals surface area contributed by atoms with E-state index >= 15 is 0 Å². The predicted octanol–water partition coefficient (Wildman–Crippen LogP) is 1.46. The van der Waals surface area contributed by atoms with Gasteiger partial charge in [0, 0.05) is 25.2 Å². The summed E-state index contributed by atoms with van der Waals surface area (Å²) in [6, 6.07) is 0. The van der Waals surface area contributed by atoms with E-state index in [-0.39, 0.29) is 17.6 Å². The van der Waals surface area contributed by atoms with Gasteiger partial charge in [0.1, 0.15) is 6.10 Å². The van der Waals surface area contributed by atoms with Crippen molar-refractivity contribution >= 4 is 5.91 Å². The summed E-state index contributed by atoms with van der Waals surface area (Å²) in [5, 5.41) is 6.20. The van der Waals surface area contributed by atoms with Crippen molar-refractivity contribution in [2.75, 3.05) is 26.3 Å². The summed E-state index contributed by atoms with van der Waals surface area (Å²) in [4.78, 5) is 11.8. The van der Waals surface area contributed by atoms with Gasteiger partial charge in [0.25, 0.3) is 0 Å². The second kappa shape index (κ2) is 8.60. The van der Waals surface area contributed by atoms with Crippen LogP contribution in [0.4, 0.5) is 0 Å². The molecular weight excluding hydrogens is 256 g/mol. The molecule has 0 aromatic carbocycles. The maximum atomic E-state index is 11.8. The van der Waals surface area contributed by atoms with Crippen molar-refractivity contribution in [1.82, 2.24) is 10.6 Å². The van der Waals surface area contributed by atoms with Crippen LogP contribution in [-0.2, 0) is 14.3 Å². The van der Waals surface area contributed by atoms with Gasteiger partial charge in [0.2, 0.25) is 5.91 Å². The Balaban J connectivity index is 2.09. The van der Waals surface area contributed by atoms with Crippen LogP contribution in [0.1, 0.15) is 47.0 Å². The van der Waals surface area contributed by atoms with E-state index in [1.54, 1.807) is 6.92 Å². The molecule has 0 radical (unpaired) electrons. The van der Waals surface area contributed by atoms with Crippen molar-refractivity contribution < 1.29 is 14.3 Å². The molecular formula is C15H30N2O3. The van der Waals surface area contributed by atoms with E-state index in [0.29, 0.717) is 13.2 Å². The molecule has 1 amide bonds. The summed E-state index contributed by atoms with van der Waals surface area (Å²) in [7, 11) is 0. The Morgan fingerprint density at radius 1 is 1.35 bits per heavy atom. The number of rotatable bonds is 7.